The van der Waals surface area contributed by atoms with Gasteiger partial charge in [0.15, 0.2) is 0 Å². The number of nitrogens with two attached hydrogens (primary N) is 2. The van der Waals surface area contributed by atoms with Crippen molar-refractivity contribution >= 4 is 17.6 Å². The third kappa shape index (κ3) is 2.50. The number of aliphatic imine (C=N–C) groups is 2. The molecule has 98 valence electrons. The molecule has 6 heteroatoms. The van der Waals surface area contributed by atoms with Crippen molar-refractivity contribution in [2.24, 2.45) is 21.5 Å². The topological polar surface area (TPSA) is 104 Å². The fraction of sp³-hybridized carbons (Fsp3) is 0.308. The third-order valence-electron chi connectivity index (χ3n) is 2.87. The van der Waals surface area contributed by atoms with Crippen LogP contribution in [0.5, 0.6) is 0 Å². The second-order valence-corrected chi connectivity index (χ2v) is 4.77. The minimum Gasteiger partial charge on any atom is -0.369 e. The first-order valence-corrected chi connectivity index (χ1v) is 5.89. The number of hydrogen-bond acceptors (Lipinski definition) is 6. The number of nitrogens with zero attached hydrogens (tertiary/aromatic N) is 4. The lowest BCUT2D eigenvalue weighted by atomic mass is 10.1. The molecule has 0 amide bonds. The van der Waals surface area contributed by atoms with E-state index in [1.54, 1.807) is 4.90 Å². The van der Waals surface area contributed by atoms with Crippen LogP contribution in [-0.4, -0.2) is 17.6 Å². The molecule has 0 aromatic heterocycles. The van der Waals surface area contributed by atoms with Gasteiger partial charge in [-0.1, -0.05) is 12.1 Å². The van der Waals surface area contributed by atoms with Crippen LogP contribution in [0.2, 0.25) is 0 Å². The molecule has 4 N–H and O–H groups in total. The van der Waals surface area contributed by atoms with Crippen LogP contribution >= 0.6 is 0 Å². The Hall–Kier alpha value is -2.55. The van der Waals surface area contributed by atoms with Crippen LogP contribution in [-0.2, 0) is 6.42 Å². The smallest absolute Gasteiger partial charge is 0.220 e. The monoisotopic (exact) mass is 256 g/mol. The molecule has 19 heavy (non-hydrogen) atoms. The summed E-state index contributed by atoms with van der Waals surface area (Å²) in [5.74, 6) is 0.491. The van der Waals surface area contributed by atoms with Crippen molar-refractivity contribution in [1.29, 1.82) is 5.26 Å². The lowest BCUT2D eigenvalue weighted by molar-refractivity contribution is 0.534. The Kier molecular flexibility index (Phi) is 3.13. The van der Waals surface area contributed by atoms with Crippen molar-refractivity contribution in [3.63, 3.8) is 0 Å². The number of anilines is 1. The summed E-state index contributed by atoms with van der Waals surface area (Å²) in [4.78, 5) is 10.1. The highest BCUT2D eigenvalue weighted by Crippen LogP contribution is 2.27. The molecule has 1 aliphatic heterocycles. The summed E-state index contributed by atoms with van der Waals surface area (Å²) >= 11 is 0. The average Bonchev–Trinajstić information content (AvgIpc) is 2.29. The van der Waals surface area contributed by atoms with Crippen LogP contribution in [0.3, 0.4) is 0 Å². The third-order valence-corrected chi connectivity index (χ3v) is 2.87. The maximum atomic E-state index is 8.66. The van der Waals surface area contributed by atoms with Crippen LogP contribution < -0.4 is 16.4 Å². The van der Waals surface area contributed by atoms with E-state index in [0.717, 1.165) is 11.3 Å². The molecule has 0 saturated heterocycles. The number of guanidine groups is 2. The number of hydrogen-bond donors (Lipinski definition) is 2. The minimum atomic E-state index is -0.591. The molecule has 0 unspecified atom stereocenters. The first kappa shape index (κ1) is 12.9. The fourth-order valence-electron chi connectivity index (χ4n) is 2.11. The Balaban J connectivity index is 2.36. The van der Waals surface area contributed by atoms with Gasteiger partial charge in [-0.3, -0.25) is 4.90 Å². The minimum absolute atomic E-state index is 0.180. The van der Waals surface area contributed by atoms with Crippen molar-refractivity contribution < 1.29 is 0 Å². The first-order valence-electron chi connectivity index (χ1n) is 5.89. The van der Waals surface area contributed by atoms with Crippen LogP contribution in [0.15, 0.2) is 34.3 Å². The highest BCUT2D eigenvalue weighted by atomic mass is 15.4. The molecule has 6 nitrogen and oxygen atoms in total. The predicted molar refractivity (Wildman–Crippen MR) is 75.6 cm³/mol. The highest BCUT2D eigenvalue weighted by molar-refractivity contribution is 6.05. The van der Waals surface area contributed by atoms with E-state index in [4.69, 9.17) is 16.7 Å². The molecule has 1 aromatic carbocycles. The van der Waals surface area contributed by atoms with Crippen LogP contribution in [0.4, 0.5) is 5.69 Å². The van der Waals surface area contributed by atoms with Crippen molar-refractivity contribution in [2.75, 3.05) is 4.90 Å². The zero-order valence-electron chi connectivity index (χ0n) is 11.0. The van der Waals surface area contributed by atoms with Gasteiger partial charge in [-0.25, -0.2) is 4.99 Å². The Labute approximate surface area is 112 Å². The second-order valence-electron chi connectivity index (χ2n) is 4.77. The predicted octanol–water partition coefficient (Wildman–Crippen LogP) is 0.938. The molecule has 0 spiro atoms. The fourth-order valence-corrected chi connectivity index (χ4v) is 2.11. The SMILES string of the molecule is CC1(C)N=C(N)N=C(N)N1c1ccc(CC#N)cc1. The Morgan fingerprint density at radius 1 is 1.26 bits per heavy atom. The van der Waals surface area contributed by atoms with Crippen molar-refractivity contribution in [1.82, 2.24) is 0 Å². The molecule has 0 aliphatic carbocycles. The van der Waals surface area contributed by atoms with Gasteiger partial charge in [0.1, 0.15) is 5.66 Å². The molecule has 1 aliphatic rings. The van der Waals surface area contributed by atoms with Gasteiger partial charge < -0.3 is 11.5 Å². The van der Waals surface area contributed by atoms with E-state index in [-0.39, 0.29) is 5.96 Å². The number of benzene rings is 1. The maximum Gasteiger partial charge on any atom is 0.220 e. The molecular weight excluding hydrogens is 240 g/mol. The zero-order valence-corrected chi connectivity index (χ0v) is 11.0. The van der Waals surface area contributed by atoms with E-state index >= 15 is 0 Å². The van der Waals surface area contributed by atoms with Gasteiger partial charge in [-0.2, -0.15) is 10.3 Å². The maximum absolute atomic E-state index is 8.66. The van der Waals surface area contributed by atoms with Gasteiger partial charge in [0, 0.05) is 5.69 Å². The summed E-state index contributed by atoms with van der Waals surface area (Å²) in [5, 5.41) is 8.66. The van der Waals surface area contributed by atoms with E-state index in [1.165, 1.54) is 0 Å². The quantitative estimate of drug-likeness (QED) is 0.821. The van der Waals surface area contributed by atoms with Crippen LogP contribution in [0, 0.1) is 11.3 Å². The molecule has 0 radical (unpaired) electrons. The van der Waals surface area contributed by atoms with Gasteiger partial charge in [0.05, 0.1) is 12.5 Å². The Morgan fingerprint density at radius 3 is 2.42 bits per heavy atom. The van der Waals surface area contributed by atoms with E-state index < -0.39 is 5.66 Å². The summed E-state index contributed by atoms with van der Waals surface area (Å²) < 4.78 is 0. The molecule has 1 aromatic rings. The largest absolute Gasteiger partial charge is 0.369 e. The molecule has 0 bridgehead atoms. The lowest BCUT2D eigenvalue weighted by Crippen LogP contribution is -2.54. The molecular formula is C13H16N6. The average molecular weight is 256 g/mol. The highest BCUT2D eigenvalue weighted by Gasteiger charge is 2.32. The lowest BCUT2D eigenvalue weighted by Gasteiger charge is -2.38. The van der Waals surface area contributed by atoms with Crippen molar-refractivity contribution in [3.8, 4) is 6.07 Å². The van der Waals surface area contributed by atoms with Gasteiger partial charge >= 0.3 is 0 Å². The van der Waals surface area contributed by atoms with Gasteiger partial charge in [-0.15, -0.1) is 0 Å². The van der Waals surface area contributed by atoms with Gasteiger partial charge in [0.25, 0.3) is 0 Å². The van der Waals surface area contributed by atoms with Crippen molar-refractivity contribution in [3.05, 3.63) is 29.8 Å². The summed E-state index contributed by atoms with van der Waals surface area (Å²) in [7, 11) is 0. The molecule has 1 heterocycles. The van der Waals surface area contributed by atoms with Crippen LogP contribution in [0.25, 0.3) is 0 Å². The van der Waals surface area contributed by atoms with E-state index in [9.17, 15) is 0 Å². The Morgan fingerprint density at radius 2 is 1.89 bits per heavy atom. The summed E-state index contributed by atoms with van der Waals surface area (Å²) in [5.41, 5.74) is 12.8. The number of nitriles is 1. The van der Waals surface area contributed by atoms with Crippen LogP contribution in [0.1, 0.15) is 19.4 Å². The Bertz CT molecular complexity index is 576. The van der Waals surface area contributed by atoms with Gasteiger partial charge in [0.2, 0.25) is 11.9 Å². The molecule has 0 fully saturated rings. The normalized spacial score (nSPS) is 17.4. The van der Waals surface area contributed by atoms with Crippen molar-refractivity contribution in [2.45, 2.75) is 25.9 Å². The number of rotatable bonds is 2. The molecule has 2 rings (SSSR count). The van der Waals surface area contributed by atoms with E-state index in [2.05, 4.69) is 16.1 Å². The van der Waals surface area contributed by atoms with Gasteiger partial charge in [-0.05, 0) is 31.5 Å². The molecule has 0 saturated carbocycles. The molecule has 0 atom stereocenters. The standard InChI is InChI=1S/C13H16N6/c1-13(2)18-11(15)17-12(16)19(13)10-5-3-9(4-6-10)7-8-14/h3-6H,7H2,1-2H3,(H4,15,16,17,18). The first-order chi connectivity index (χ1) is 8.94. The summed E-state index contributed by atoms with van der Waals surface area (Å²) in [6, 6.07) is 9.69. The zero-order chi connectivity index (χ0) is 14.0. The second kappa shape index (κ2) is 4.61. The summed E-state index contributed by atoms with van der Waals surface area (Å²) in [6.07, 6.45) is 0.387. The summed E-state index contributed by atoms with van der Waals surface area (Å²) in [6.45, 7) is 3.81. The van der Waals surface area contributed by atoms with E-state index in [1.807, 2.05) is 38.1 Å². The van der Waals surface area contributed by atoms with E-state index in [0.29, 0.717) is 12.4 Å².